The fourth-order valence-corrected chi connectivity index (χ4v) is 5.73. The average Bonchev–Trinajstić information content (AvgIpc) is 2.52. The van der Waals surface area contributed by atoms with Crippen LogP contribution >= 0.6 is 31.9 Å². The third kappa shape index (κ3) is 3.82. The zero-order valence-electron chi connectivity index (χ0n) is 12.6. The van der Waals surface area contributed by atoms with Crippen molar-refractivity contribution in [3.63, 3.8) is 0 Å². The second-order valence-electron chi connectivity index (χ2n) is 5.33. The second kappa shape index (κ2) is 7.34. The molecule has 27 heavy (non-hydrogen) atoms. The monoisotopic (exact) mass is 545 g/mol. The molecule has 1 aromatic rings. The van der Waals surface area contributed by atoms with E-state index in [1.165, 1.54) is 6.42 Å². The van der Waals surface area contributed by atoms with Gasteiger partial charge in [0, 0.05) is 26.6 Å². The van der Waals surface area contributed by atoms with E-state index in [2.05, 4.69) is 31.9 Å². The minimum Gasteiger partial charge on any atom is -0.610 e. The molecule has 0 aromatic heterocycles. The van der Waals surface area contributed by atoms with Crippen LogP contribution in [0.4, 0.5) is 35.1 Å². The van der Waals surface area contributed by atoms with E-state index < -0.39 is 44.7 Å². The van der Waals surface area contributed by atoms with Gasteiger partial charge >= 0.3 is 17.4 Å². The molecule has 0 spiro atoms. The smallest absolute Gasteiger partial charge is 0.482 e. The van der Waals surface area contributed by atoms with Gasteiger partial charge in [0.25, 0.3) is 0 Å². The van der Waals surface area contributed by atoms with E-state index in [-0.39, 0.29) is 8.96 Å². The summed E-state index contributed by atoms with van der Waals surface area (Å²) < 4.78 is 117. The molecule has 0 aliphatic heterocycles. The molecule has 1 aromatic carbocycles. The lowest BCUT2D eigenvalue weighted by atomic mass is 9.93. The Balaban J connectivity index is 2.77. The van der Waals surface area contributed by atoms with Crippen LogP contribution in [-0.4, -0.2) is 21.9 Å². The number of rotatable bonds is 4. The minimum absolute atomic E-state index is 0.0837. The van der Waals surface area contributed by atoms with Crippen LogP contribution in [0.25, 0.3) is 0 Å². The van der Waals surface area contributed by atoms with Gasteiger partial charge in [-0.3, -0.25) is 0 Å². The summed E-state index contributed by atoms with van der Waals surface area (Å²) in [5.41, 5.74) is -0.761. The molecule has 1 aliphatic carbocycles. The van der Waals surface area contributed by atoms with Crippen molar-refractivity contribution in [3.05, 3.63) is 63.2 Å². The number of alkyl halides is 7. The van der Waals surface area contributed by atoms with Gasteiger partial charge in [-0.15, -0.1) is 8.78 Å². The molecular formula is C15H7Br2F8OS. The van der Waals surface area contributed by atoms with Crippen LogP contribution in [-0.2, 0) is 15.9 Å². The Bertz CT molecular complexity index is 772. The molecule has 1 nitrogen and oxygen atoms in total. The Morgan fingerprint density at radius 1 is 0.889 bits per heavy atom. The first-order valence-electron chi connectivity index (χ1n) is 6.77. The molecule has 1 unspecified atom stereocenters. The average molecular weight is 547 g/mol. The van der Waals surface area contributed by atoms with Crippen molar-refractivity contribution in [1.82, 2.24) is 0 Å². The highest BCUT2D eigenvalue weighted by Crippen LogP contribution is 2.56. The van der Waals surface area contributed by atoms with Crippen molar-refractivity contribution in [1.29, 1.82) is 0 Å². The Morgan fingerprint density at radius 2 is 1.37 bits per heavy atom. The van der Waals surface area contributed by atoms with Crippen LogP contribution in [0, 0.1) is 12.2 Å². The standard InChI is InChI=1S/C15H7Br2F8OS/c16-8-5-9(17)7-12(6-8,10-3-1-2-4-11(10)18)27(26)15(24,25)13(19,20)14(21,22)23/h1-7H. The van der Waals surface area contributed by atoms with E-state index >= 15 is 0 Å². The fraction of sp³-hybridized carbons (Fsp3) is 0.267. The Kier molecular flexibility index (Phi) is 6.17. The van der Waals surface area contributed by atoms with Crippen LogP contribution in [0.3, 0.4) is 0 Å². The van der Waals surface area contributed by atoms with Crippen LogP contribution in [0.2, 0.25) is 0 Å². The highest BCUT2D eigenvalue weighted by molar-refractivity contribution is 9.12. The van der Waals surface area contributed by atoms with Crippen molar-refractivity contribution >= 4 is 43.0 Å². The number of benzene rings is 1. The predicted octanol–water partition coefficient (Wildman–Crippen LogP) is 6.34. The third-order valence-corrected chi connectivity index (χ3v) is 6.24. The number of allylic oxidation sites excluding steroid dienone is 2. The van der Waals surface area contributed by atoms with Gasteiger partial charge in [0.05, 0.1) is 5.56 Å². The molecule has 1 atom stereocenters. The number of halogens is 10. The lowest BCUT2D eigenvalue weighted by molar-refractivity contribution is -0.332. The highest BCUT2D eigenvalue weighted by atomic mass is 79.9. The summed E-state index contributed by atoms with van der Waals surface area (Å²) in [7, 11) is 0. The van der Waals surface area contributed by atoms with E-state index in [9.17, 15) is 39.7 Å². The normalized spacial score (nSPS) is 19.4. The Hall–Kier alpha value is -0.590. The third-order valence-electron chi connectivity index (χ3n) is 3.54. The van der Waals surface area contributed by atoms with Gasteiger partial charge in [-0.2, -0.15) is 22.0 Å². The first-order valence-corrected chi connectivity index (χ1v) is 9.51. The molecule has 0 saturated carbocycles. The second-order valence-corrected chi connectivity index (χ2v) is 8.89. The zero-order valence-corrected chi connectivity index (χ0v) is 16.6. The molecule has 0 fully saturated rings. The summed E-state index contributed by atoms with van der Waals surface area (Å²) in [6, 6.07) is 3.92. The molecule has 0 N–H and O–H groups in total. The quantitative estimate of drug-likeness (QED) is 0.319. The van der Waals surface area contributed by atoms with Crippen LogP contribution in [0.1, 0.15) is 5.56 Å². The van der Waals surface area contributed by atoms with Gasteiger partial charge in [0.2, 0.25) is 0 Å². The summed E-state index contributed by atoms with van der Waals surface area (Å²) in [6.07, 6.45) is -4.07. The summed E-state index contributed by atoms with van der Waals surface area (Å²) in [5.74, 6) is -7.84. The maximum absolute atomic E-state index is 14.3. The summed E-state index contributed by atoms with van der Waals surface area (Å²) in [6.45, 7) is 0. The van der Waals surface area contributed by atoms with Crippen LogP contribution < -0.4 is 0 Å². The largest absolute Gasteiger partial charge is 0.610 e. The molecule has 12 heteroatoms. The van der Waals surface area contributed by atoms with Crippen molar-refractivity contribution in [2.24, 2.45) is 0 Å². The van der Waals surface area contributed by atoms with Crippen molar-refractivity contribution < 1.29 is 39.7 Å². The molecule has 0 saturated heterocycles. The zero-order chi connectivity index (χ0) is 20.8. The topological polar surface area (TPSA) is 23.1 Å². The van der Waals surface area contributed by atoms with Gasteiger partial charge in [-0.1, -0.05) is 50.1 Å². The van der Waals surface area contributed by atoms with Crippen molar-refractivity contribution in [2.45, 2.75) is 22.1 Å². The maximum atomic E-state index is 14.3. The first-order chi connectivity index (χ1) is 12.2. The van der Waals surface area contributed by atoms with Gasteiger partial charge in [-0.25, -0.2) is 4.39 Å². The molecule has 2 rings (SSSR count). The number of hydrogen-bond donors (Lipinski definition) is 0. The first kappa shape index (κ1) is 22.7. The molecule has 149 valence electrons. The van der Waals surface area contributed by atoms with Gasteiger partial charge in [-0.05, 0) is 18.2 Å². The van der Waals surface area contributed by atoms with Crippen molar-refractivity contribution in [2.75, 3.05) is 0 Å². The lowest BCUT2D eigenvalue weighted by Crippen LogP contribution is -2.60. The SMILES string of the molecule is [O-][S+](C1(c2ccccc2F)C=C(Br)[CH]C(Br)=C1)C(F)(F)C(F)(F)C(F)(F)F. The predicted molar refractivity (Wildman–Crippen MR) is 90.5 cm³/mol. The van der Waals surface area contributed by atoms with Crippen molar-refractivity contribution in [3.8, 4) is 0 Å². The molecular weight excluding hydrogens is 540 g/mol. The summed E-state index contributed by atoms with van der Waals surface area (Å²) >= 11 is 1.48. The molecule has 1 aliphatic rings. The molecule has 0 heterocycles. The number of hydrogen-bond acceptors (Lipinski definition) is 1. The van der Waals surface area contributed by atoms with Gasteiger partial charge < -0.3 is 4.55 Å². The fourth-order valence-electron chi connectivity index (χ4n) is 2.30. The molecule has 1 radical (unpaired) electrons. The summed E-state index contributed by atoms with van der Waals surface area (Å²) in [4.78, 5) is 0. The minimum atomic E-state index is -6.68. The van der Waals surface area contributed by atoms with Gasteiger partial charge in [0.15, 0.2) is 4.75 Å². The maximum Gasteiger partial charge on any atom is 0.482 e. The lowest BCUT2D eigenvalue weighted by Gasteiger charge is -2.39. The van der Waals surface area contributed by atoms with Crippen LogP contribution in [0.5, 0.6) is 0 Å². The van der Waals surface area contributed by atoms with E-state index in [0.29, 0.717) is 12.2 Å². The molecule has 0 amide bonds. The van der Waals surface area contributed by atoms with E-state index in [0.717, 1.165) is 24.3 Å². The van der Waals surface area contributed by atoms with Gasteiger partial charge in [0.1, 0.15) is 5.82 Å². The Morgan fingerprint density at radius 3 is 1.81 bits per heavy atom. The van der Waals surface area contributed by atoms with Crippen LogP contribution in [0.15, 0.2) is 45.4 Å². The highest BCUT2D eigenvalue weighted by Gasteiger charge is 2.82. The van der Waals surface area contributed by atoms with E-state index in [1.54, 1.807) is 0 Å². The Labute approximate surface area is 167 Å². The summed E-state index contributed by atoms with van der Waals surface area (Å²) in [5, 5.41) is -6.07. The van der Waals surface area contributed by atoms with E-state index in [4.69, 9.17) is 0 Å². The molecule has 0 bridgehead atoms. The van der Waals surface area contributed by atoms with E-state index in [1.807, 2.05) is 0 Å².